The molecule has 1 saturated heterocycles. The molecule has 36 heavy (non-hydrogen) atoms. The molecule has 2 aromatic carbocycles. The van der Waals surface area contributed by atoms with Gasteiger partial charge in [0, 0.05) is 37.3 Å². The smallest absolute Gasteiger partial charge is 0.243 e. The third kappa shape index (κ3) is 7.15. The zero-order valence-electron chi connectivity index (χ0n) is 21.4. The van der Waals surface area contributed by atoms with Crippen molar-refractivity contribution in [1.29, 1.82) is 0 Å². The second kappa shape index (κ2) is 11.9. The monoisotopic (exact) mass is 535 g/mol. The fourth-order valence-electron chi connectivity index (χ4n) is 4.27. The first-order valence-corrected chi connectivity index (χ1v) is 14.7. The van der Waals surface area contributed by atoms with Gasteiger partial charge in [0.25, 0.3) is 0 Å². The number of hydrogen-bond donors (Lipinski definition) is 0. The van der Waals surface area contributed by atoms with Crippen LogP contribution in [0.1, 0.15) is 43.4 Å². The van der Waals surface area contributed by atoms with E-state index >= 15 is 0 Å². The Morgan fingerprint density at radius 3 is 2.31 bits per heavy atom. The molecule has 8 nitrogen and oxygen atoms in total. The minimum absolute atomic E-state index is 0.0150. The summed E-state index contributed by atoms with van der Waals surface area (Å²) in [6.45, 7) is 9.49. The Morgan fingerprint density at radius 2 is 1.69 bits per heavy atom. The van der Waals surface area contributed by atoms with Gasteiger partial charge in [0.05, 0.1) is 11.5 Å². The Hall–Kier alpha value is -2.27. The molecule has 1 heterocycles. The van der Waals surface area contributed by atoms with E-state index in [0.717, 1.165) is 23.3 Å². The van der Waals surface area contributed by atoms with Gasteiger partial charge >= 0.3 is 0 Å². The molecule has 0 saturated carbocycles. The molecule has 2 aromatic rings. The second-order valence-electron chi connectivity index (χ2n) is 9.89. The third-order valence-corrected chi connectivity index (χ3v) is 8.98. The van der Waals surface area contributed by atoms with Crippen molar-refractivity contribution in [2.45, 2.75) is 51.2 Å². The number of carbonyl (C=O) groups excluding carboxylic acids is 1. The van der Waals surface area contributed by atoms with E-state index in [2.05, 4.69) is 0 Å². The summed E-state index contributed by atoms with van der Waals surface area (Å²) in [5, 5.41) is 0. The zero-order chi connectivity index (χ0) is 26.5. The second-order valence-corrected chi connectivity index (χ2v) is 12.7. The lowest BCUT2D eigenvalue weighted by atomic mass is 9.86. The van der Waals surface area contributed by atoms with Crippen LogP contribution in [0, 0.1) is 19.3 Å². The van der Waals surface area contributed by atoms with E-state index < -0.39 is 26.5 Å². The molecule has 3 rings (SSSR count). The number of hydrogen-bond acceptors (Lipinski definition) is 6. The summed E-state index contributed by atoms with van der Waals surface area (Å²) in [6.07, 6.45) is 1.39. The lowest BCUT2D eigenvalue weighted by Crippen LogP contribution is -2.53. The SMILES string of the molecule is Cc1ccc(C)c(OCCCC(C)(C)C(=O)N2CCN(S(=O)(=O)c3ccc(CS(=O)[O-])cc3)CC2)c1. The average molecular weight is 536 g/mol. The Bertz CT molecular complexity index is 1190. The molecule has 0 aliphatic carbocycles. The number of aryl methyl sites for hydroxylation is 2. The van der Waals surface area contributed by atoms with Gasteiger partial charge in [-0.3, -0.25) is 9.00 Å². The Labute approximate surface area is 217 Å². The summed E-state index contributed by atoms with van der Waals surface area (Å²) < 4.78 is 55.0. The fourth-order valence-corrected chi connectivity index (χ4v) is 6.16. The largest absolute Gasteiger partial charge is 0.772 e. The van der Waals surface area contributed by atoms with Crippen molar-refractivity contribution in [1.82, 2.24) is 9.21 Å². The van der Waals surface area contributed by atoms with Crippen molar-refractivity contribution < 1.29 is 26.7 Å². The number of benzene rings is 2. The topological polar surface area (TPSA) is 107 Å². The van der Waals surface area contributed by atoms with Gasteiger partial charge in [-0.2, -0.15) is 4.31 Å². The van der Waals surface area contributed by atoms with E-state index in [1.807, 2.05) is 45.9 Å². The van der Waals surface area contributed by atoms with Crippen molar-refractivity contribution in [3.63, 3.8) is 0 Å². The number of sulfonamides is 1. The number of amides is 1. The van der Waals surface area contributed by atoms with Crippen molar-refractivity contribution >= 4 is 27.0 Å². The van der Waals surface area contributed by atoms with Crippen molar-refractivity contribution in [3.05, 3.63) is 59.2 Å². The number of rotatable bonds is 10. The van der Waals surface area contributed by atoms with Crippen LogP contribution in [0.4, 0.5) is 0 Å². The first-order chi connectivity index (χ1) is 16.9. The van der Waals surface area contributed by atoms with E-state index in [-0.39, 0.29) is 29.6 Å². The molecular formula is C26H35N2O6S2-. The molecule has 1 fully saturated rings. The van der Waals surface area contributed by atoms with E-state index in [4.69, 9.17) is 4.74 Å². The lowest BCUT2D eigenvalue weighted by molar-refractivity contribution is -0.142. The van der Waals surface area contributed by atoms with Crippen LogP contribution in [0.15, 0.2) is 47.4 Å². The summed E-state index contributed by atoms with van der Waals surface area (Å²) in [6, 6.07) is 12.0. The van der Waals surface area contributed by atoms with Gasteiger partial charge in [-0.15, -0.1) is 0 Å². The van der Waals surface area contributed by atoms with Gasteiger partial charge in [0.1, 0.15) is 5.75 Å². The van der Waals surface area contributed by atoms with E-state index in [0.29, 0.717) is 31.7 Å². The van der Waals surface area contributed by atoms with Crippen LogP contribution in [0.2, 0.25) is 0 Å². The van der Waals surface area contributed by atoms with Crippen LogP contribution in [0.3, 0.4) is 0 Å². The molecule has 0 aromatic heterocycles. The minimum atomic E-state index is -3.72. The lowest BCUT2D eigenvalue weighted by Gasteiger charge is -2.38. The molecule has 1 atom stereocenters. The van der Waals surface area contributed by atoms with E-state index in [1.54, 1.807) is 4.90 Å². The molecule has 0 spiro atoms. The van der Waals surface area contributed by atoms with E-state index in [9.17, 15) is 22.0 Å². The molecular weight excluding hydrogens is 500 g/mol. The minimum Gasteiger partial charge on any atom is -0.772 e. The highest BCUT2D eigenvalue weighted by Crippen LogP contribution is 2.28. The van der Waals surface area contributed by atoms with Crippen LogP contribution in [-0.2, 0) is 31.7 Å². The maximum atomic E-state index is 13.2. The zero-order valence-corrected chi connectivity index (χ0v) is 23.0. The number of ether oxygens (including phenoxy) is 1. The molecule has 1 unspecified atom stereocenters. The average Bonchev–Trinajstić information content (AvgIpc) is 2.83. The highest BCUT2D eigenvalue weighted by Gasteiger charge is 2.36. The molecule has 0 N–H and O–H groups in total. The predicted molar refractivity (Wildman–Crippen MR) is 139 cm³/mol. The molecule has 0 bridgehead atoms. The molecule has 1 amide bonds. The standard InChI is InChI=1S/C26H36N2O6S2/c1-20-6-7-21(2)24(18-20)34-17-5-12-26(3,4)25(29)27-13-15-28(16-14-27)36(32,33)23-10-8-22(9-11-23)19-35(30)31/h6-11,18H,5,12-17,19H2,1-4H3,(H,30,31)/p-1. The highest BCUT2D eigenvalue weighted by atomic mass is 32.2. The third-order valence-electron chi connectivity index (χ3n) is 6.50. The first kappa shape index (κ1) is 28.3. The Kier molecular flexibility index (Phi) is 9.32. The fraction of sp³-hybridized carbons (Fsp3) is 0.500. The van der Waals surface area contributed by atoms with Gasteiger partial charge in [0.2, 0.25) is 15.9 Å². The van der Waals surface area contributed by atoms with Crippen molar-refractivity contribution in [2.24, 2.45) is 5.41 Å². The van der Waals surface area contributed by atoms with Crippen molar-refractivity contribution in [2.75, 3.05) is 32.8 Å². The molecule has 1 aliphatic rings. The van der Waals surface area contributed by atoms with Crippen LogP contribution < -0.4 is 4.74 Å². The first-order valence-electron chi connectivity index (χ1n) is 12.0. The van der Waals surface area contributed by atoms with Gasteiger partial charge in [-0.25, -0.2) is 8.42 Å². The van der Waals surface area contributed by atoms with Crippen LogP contribution >= 0.6 is 0 Å². The molecule has 198 valence electrons. The predicted octanol–water partition coefficient (Wildman–Crippen LogP) is 3.40. The van der Waals surface area contributed by atoms with Gasteiger partial charge in [-0.05, 0) is 61.6 Å². The molecule has 10 heteroatoms. The summed E-state index contributed by atoms with van der Waals surface area (Å²) in [5.41, 5.74) is 2.17. The summed E-state index contributed by atoms with van der Waals surface area (Å²) in [7, 11) is -3.72. The molecule has 1 aliphatic heterocycles. The Balaban J connectivity index is 1.51. The summed E-state index contributed by atoms with van der Waals surface area (Å²) in [4.78, 5) is 15.1. The summed E-state index contributed by atoms with van der Waals surface area (Å²) in [5.74, 6) is 0.724. The van der Waals surface area contributed by atoms with Gasteiger partial charge in [-0.1, -0.05) is 49.2 Å². The number of nitrogens with zero attached hydrogens (tertiary/aromatic N) is 2. The van der Waals surface area contributed by atoms with Crippen molar-refractivity contribution in [3.8, 4) is 5.75 Å². The van der Waals surface area contributed by atoms with E-state index in [1.165, 1.54) is 28.6 Å². The quantitative estimate of drug-likeness (QED) is 0.341. The van der Waals surface area contributed by atoms with Crippen LogP contribution in [0.25, 0.3) is 0 Å². The normalized spacial score (nSPS) is 16.1. The number of piperazine rings is 1. The van der Waals surface area contributed by atoms with Crippen LogP contribution in [-0.4, -0.2) is 65.1 Å². The number of carbonyl (C=O) groups is 1. The maximum Gasteiger partial charge on any atom is 0.243 e. The molecule has 0 radical (unpaired) electrons. The van der Waals surface area contributed by atoms with Gasteiger partial charge in [0.15, 0.2) is 0 Å². The summed E-state index contributed by atoms with van der Waals surface area (Å²) >= 11 is -2.23. The maximum absolute atomic E-state index is 13.2. The Morgan fingerprint density at radius 1 is 1.06 bits per heavy atom. The van der Waals surface area contributed by atoms with Gasteiger partial charge < -0.3 is 14.2 Å². The highest BCUT2D eigenvalue weighted by molar-refractivity contribution is 7.89. The van der Waals surface area contributed by atoms with Crippen LogP contribution in [0.5, 0.6) is 5.75 Å².